The van der Waals surface area contributed by atoms with Crippen LogP contribution in [0, 0.1) is 6.92 Å². The minimum Gasteiger partial charge on any atom is -0.333 e. The van der Waals surface area contributed by atoms with Gasteiger partial charge in [0.2, 0.25) is 12.1 Å². The molecule has 1 unspecified atom stereocenters. The van der Waals surface area contributed by atoms with E-state index < -0.39 is 6.17 Å². The third kappa shape index (κ3) is 4.55. The average molecular weight is 451 g/mol. The molecule has 2 heterocycles. The quantitative estimate of drug-likeness (QED) is 0.594. The molecule has 0 fully saturated rings. The number of thiocarbonyl (C=S) groups is 1. The van der Waals surface area contributed by atoms with Crippen LogP contribution in [-0.2, 0) is 4.79 Å². The number of aryl methyl sites for hydroxylation is 1. The number of anilines is 2. The smallest absolute Gasteiger partial charge is 0.272 e. The van der Waals surface area contributed by atoms with E-state index >= 15 is 0 Å². The van der Waals surface area contributed by atoms with E-state index in [1.165, 1.54) is 0 Å². The van der Waals surface area contributed by atoms with Gasteiger partial charge in [0.25, 0.3) is 5.91 Å². The second-order valence-electron chi connectivity index (χ2n) is 6.93. The summed E-state index contributed by atoms with van der Waals surface area (Å²) < 4.78 is 0. The molecule has 1 aliphatic rings. The predicted molar refractivity (Wildman–Crippen MR) is 127 cm³/mol. The fourth-order valence-corrected chi connectivity index (χ4v) is 3.61. The van der Waals surface area contributed by atoms with Crippen molar-refractivity contribution < 1.29 is 4.79 Å². The SMILES string of the molecule is Cc1ccnc(NC(=S)NC2N=C(c3ccccc3)c3cc(Cl)ccc3N(C)C2=O)n1. The number of carbonyl (C=O) groups is 1. The van der Waals surface area contributed by atoms with Crippen molar-refractivity contribution in [3.05, 3.63) is 82.6 Å². The Hall–Kier alpha value is -3.36. The molecule has 0 bridgehead atoms. The summed E-state index contributed by atoms with van der Waals surface area (Å²) in [5.74, 6) is 0.0815. The van der Waals surface area contributed by atoms with Crippen LogP contribution in [0.15, 0.2) is 65.8 Å². The standard InChI is InChI=1S/C22H19ClN6OS/c1-13-10-11-24-21(25-13)28-22(31)27-19-20(30)29(2)17-9-8-15(23)12-16(17)18(26-19)14-6-4-3-5-7-14/h3-12,19H,1-2H3,(H2,24,25,27,28,31). The van der Waals surface area contributed by atoms with Crippen molar-refractivity contribution in [3.63, 3.8) is 0 Å². The zero-order valence-electron chi connectivity index (χ0n) is 16.8. The maximum absolute atomic E-state index is 13.2. The molecule has 0 saturated carbocycles. The van der Waals surface area contributed by atoms with Crippen LogP contribution in [0.3, 0.4) is 0 Å². The van der Waals surface area contributed by atoms with E-state index in [4.69, 9.17) is 28.8 Å². The Morgan fingerprint density at radius 3 is 2.68 bits per heavy atom. The van der Waals surface area contributed by atoms with Crippen LogP contribution in [0.2, 0.25) is 5.02 Å². The van der Waals surface area contributed by atoms with E-state index in [0.29, 0.717) is 22.4 Å². The summed E-state index contributed by atoms with van der Waals surface area (Å²) in [6.45, 7) is 1.85. The predicted octanol–water partition coefficient (Wildman–Crippen LogP) is 3.56. The number of rotatable bonds is 3. The molecule has 1 aliphatic heterocycles. The molecule has 1 atom stereocenters. The number of hydrogen-bond donors (Lipinski definition) is 2. The summed E-state index contributed by atoms with van der Waals surface area (Å²) in [5.41, 5.74) is 3.77. The number of benzodiazepines with no additional fused rings is 1. The number of halogens is 1. The molecule has 1 amide bonds. The van der Waals surface area contributed by atoms with Gasteiger partial charge in [-0.2, -0.15) is 0 Å². The largest absolute Gasteiger partial charge is 0.333 e. The van der Waals surface area contributed by atoms with E-state index in [1.807, 2.05) is 49.4 Å². The van der Waals surface area contributed by atoms with Gasteiger partial charge in [-0.3, -0.25) is 4.79 Å². The number of nitrogens with zero attached hydrogens (tertiary/aromatic N) is 4. The Balaban J connectivity index is 1.71. The summed E-state index contributed by atoms with van der Waals surface area (Å²) in [5, 5.41) is 6.64. The van der Waals surface area contributed by atoms with Crippen molar-refractivity contribution in [1.82, 2.24) is 15.3 Å². The molecule has 0 saturated heterocycles. The van der Waals surface area contributed by atoms with Gasteiger partial charge < -0.3 is 15.5 Å². The first-order valence-electron chi connectivity index (χ1n) is 9.50. The van der Waals surface area contributed by atoms with Crippen LogP contribution in [0.5, 0.6) is 0 Å². The molecule has 3 aromatic rings. The molecule has 2 N–H and O–H groups in total. The molecular formula is C22H19ClN6OS. The van der Waals surface area contributed by atoms with Crippen LogP contribution in [0.1, 0.15) is 16.8 Å². The fraction of sp³-hybridized carbons (Fsp3) is 0.136. The lowest BCUT2D eigenvalue weighted by atomic mass is 10.0. The Bertz CT molecular complexity index is 1180. The maximum atomic E-state index is 13.2. The zero-order valence-corrected chi connectivity index (χ0v) is 18.4. The van der Waals surface area contributed by atoms with Crippen molar-refractivity contribution in [3.8, 4) is 0 Å². The Labute approximate surface area is 190 Å². The number of likely N-dealkylation sites (N-methyl/N-ethyl adjacent to an activating group) is 1. The van der Waals surface area contributed by atoms with Gasteiger partial charge in [0.15, 0.2) is 5.11 Å². The highest BCUT2D eigenvalue weighted by Crippen LogP contribution is 2.29. The zero-order chi connectivity index (χ0) is 22.0. The maximum Gasteiger partial charge on any atom is 0.272 e. The Morgan fingerprint density at radius 1 is 1.16 bits per heavy atom. The summed E-state index contributed by atoms with van der Waals surface area (Å²) in [6.07, 6.45) is 0.681. The molecule has 9 heteroatoms. The number of aromatic nitrogens is 2. The van der Waals surface area contributed by atoms with Gasteiger partial charge in [-0.1, -0.05) is 41.9 Å². The number of carbonyl (C=O) groups excluding carboxylic acids is 1. The van der Waals surface area contributed by atoms with E-state index in [9.17, 15) is 4.79 Å². The topological polar surface area (TPSA) is 82.5 Å². The Kier molecular flexibility index (Phi) is 5.92. The van der Waals surface area contributed by atoms with Crippen LogP contribution in [-0.4, -0.2) is 39.9 Å². The van der Waals surface area contributed by atoms with E-state index in [1.54, 1.807) is 30.3 Å². The Morgan fingerprint density at radius 2 is 1.94 bits per heavy atom. The minimum absolute atomic E-state index is 0.192. The lowest BCUT2D eigenvalue weighted by Crippen LogP contribution is -2.47. The highest BCUT2D eigenvalue weighted by atomic mass is 35.5. The lowest BCUT2D eigenvalue weighted by Gasteiger charge is -2.21. The van der Waals surface area contributed by atoms with Crippen molar-refractivity contribution in [2.24, 2.45) is 4.99 Å². The number of fused-ring (bicyclic) bond motifs is 1. The summed E-state index contributed by atoms with van der Waals surface area (Å²) in [6, 6.07) is 16.8. The van der Waals surface area contributed by atoms with Crippen LogP contribution < -0.4 is 15.5 Å². The second kappa shape index (κ2) is 8.79. The first-order chi connectivity index (χ1) is 14.9. The normalized spacial score (nSPS) is 15.6. The number of aliphatic imine (C=N–C) groups is 1. The van der Waals surface area contributed by atoms with Crippen molar-refractivity contribution >= 4 is 52.2 Å². The van der Waals surface area contributed by atoms with E-state index in [0.717, 1.165) is 16.8 Å². The van der Waals surface area contributed by atoms with Gasteiger partial charge in [-0.05, 0) is 43.4 Å². The van der Waals surface area contributed by atoms with Gasteiger partial charge >= 0.3 is 0 Å². The highest BCUT2D eigenvalue weighted by Gasteiger charge is 2.30. The molecule has 0 radical (unpaired) electrons. The summed E-state index contributed by atoms with van der Waals surface area (Å²) in [7, 11) is 1.70. The molecule has 0 spiro atoms. The van der Waals surface area contributed by atoms with Gasteiger partial charge in [0.1, 0.15) is 0 Å². The number of benzene rings is 2. The highest BCUT2D eigenvalue weighted by molar-refractivity contribution is 7.80. The van der Waals surface area contributed by atoms with Gasteiger partial charge in [-0.15, -0.1) is 0 Å². The minimum atomic E-state index is -0.948. The van der Waals surface area contributed by atoms with Crippen molar-refractivity contribution in [2.75, 3.05) is 17.3 Å². The van der Waals surface area contributed by atoms with Crippen LogP contribution in [0.25, 0.3) is 0 Å². The number of hydrogen-bond acceptors (Lipinski definition) is 5. The van der Waals surface area contributed by atoms with Gasteiger partial charge in [0.05, 0.1) is 11.4 Å². The molecule has 31 heavy (non-hydrogen) atoms. The fourth-order valence-electron chi connectivity index (χ4n) is 3.24. The average Bonchev–Trinajstić information content (AvgIpc) is 2.85. The molecule has 7 nitrogen and oxygen atoms in total. The third-order valence-corrected chi connectivity index (χ3v) is 5.19. The molecular weight excluding hydrogens is 432 g/mol. The van der Waals surface area contributed by atoms with E-state index in [2.05, 4.69) is 20.6 Å². The van der Waals surface area contributed by atoms with Gasteiger partial charge in [0, 0.05) is 35.1 Å². The first-order valence-corrected chi connectivity index (χ1v) is 10.3. The number of amides is 1. The second-order valence-corrected chi connectivity index (χ2v) is 7.77. The molecule has 0 aliphatic carbocycles. The monoisotopic (exact) mass is 450 g/mol. The molecule has 2 aromatic carbocycles. The molecule has 4 rings (SSSR count). The molecule has 1 aromatic heterocycles. The summed E-state index contributed by atoms with van der Waals surface area (Å²) in [4.78, 5) is 27.9. The summed E-state index contributed by atoms with van der Waals surface area (Å²) >= 11 is 11.7. The van der Waals surface area contributed by atoms with Crippen molar-refractivity contribution in [1.29, 1.82) is 0 Å². The number of nitrogens with one attached hydrogen (secondary N) is 2. The first kappa shape index (κ1) is 20.9. The van der Waals surface area contributed by atoms with Crippen molar-refractivity contribution in [2.45, 2.75) is 13.1 Å². The van der Waals surface area contributed by atoms with Gasteiger partial charge in [-0.25, -0.2) is 15.0 Å². The van der Waals surface area contributed by atoms with Crippen LogP contribution in [0.4, 0.5) is 11.6 Å². The molecule has 156 valence electrons. The van der Waals surface area contributed by atoms with E-state index in [-0.39, 0.29) is 11.0 Å². The van der Waals surface area contributed by atoms with Crippen LogP contribution >= 0.6 is 23.8 Å². The lowest BCUT2D eigenvalue weighted by molar-refractivity contribution is -0.119. The third-order valence-electron chi connectivity index (χ3n) is 4.73.